The lowest BCUT2D eigenvalue weighted by Crippen LogP contribution is -2.15. The number of hydrogen-bond acceptors (Lipinski definition) is 2. The van der Waals surface area contributed by atoms with E-state index in [4.69, 9.17) is 0 Å². The van der Waals surface area contributed by atoms with Crippen LogP contribution in [0.1, 0.15) is 18.9 Å². The van der Waals surface area contributed by atoms with Crippen LogP contribution in [0.3, 0.4) is 0 Å². The fraction of sp³-hybridized carbons (Fsp3) is 0.286. The first-order chi connectivity index (χ1) is 8.09. The van der Waals surface area contributed by atoms with E-state index >= 15 is 0 Å². The molecule has 0 amide bonds. The molecule has 0 saturated carbocycles. The molecule has 1 aromatic rings. The lowest BCUT2D eigenvalue weighted by atomic mass is 10.2. The van der Waals surface area contributed by atoms with Gasteiger partial charge in [0.15, 0.2) is 0 Å². The maximum absolute atomic E-state index is 12.5. The molecule has 0 N–H and O–H groups in total. The van der Waals surface area contributed by atoms with Gasteiger partial charge in [-0.1, -0.05) is 23.8 Å². The van der Waals surface area contributed by atoms with Gasteiger partial charge in [-0.2, -0.15) is 0 Å². The monoisotopic (exact) mass is 247 g/mol. The standard InChI is InChI=1S/C14H17NOS/c1-11-6-8-13(9-7-11)17(16)14-5-4-10-15(3)12(14)2/h4,6-10H,5H2,1-3H3. The highest BCUT2D eigenvalue weighted by molar-refractivity contribution is 7.89. The first-order valence-electron chi connectivity index (χ1n) is 5.67. The third-order valence-electron chi connectivity index (χ3n) is 3.02. The Balaban J connectivity index is 2.32. The van der Waals surface area contributed by atoms with Crippen LogP contribution in [0.2, 0.25) is 0 Å². The summed E-state index contributed by atoms with van der Waals surface area (Å²) in [7, 11) is 0.941. The molecule has 3 heteroatoms. The predicted octanol–water partition coefficient (Wildman–Crippen LogP) is 3.18. The molecule has 1 aliphatic rings. The Labute approximate surface area is 105 Å². The molecule has 1 heterocycles. The van der Waals surface area contributed by atoms with Crippen LogP contribution in [-0.2, 0) is 10.8 Å². The van der Waals surface area contributed by atoms with Crippen LogP contribution in [-0.4, -0.2) is 16.2 Å². The van der Waals surface area contributed by atoms with Crippen LogP contribution < -0.4 is 0 Å². The summed E-state index contributed by atoms with van der Waals surface area (Å²) in [5.41, 5.74) is 2.28. The van der Waals surface area contributed by atoms with Gasteiger partial charge in [0.2, 0.25) is 0 Å². The van der Waals surface area contributed by atoms with Gasteiger partial charge in [0.1, 0.15) is 0 Å². The molecule has 1 aromatic carbocycles. The summed E-state index contributed by atoms with van der Waals surface area (Å²) < 4.78 is 12.5. The minimum Gasteiger partial charge on any atom is -0.354 e. The molecule has 90 valence electrons. The van der Waals surface area contributed by atoms with Crippen molar-refractivity contribution in [2.75, 3.05) is 7.05 Å². The van der Waals surface area contributed by atoms with Gasteiger partial charge in [-0.15, -0.1) is 0 Å². The molecule has 0 spiro atoms. The normalized spacial score (nSPS) is 17.5. The van der Waals surface area contributed by atoms with Crippen LogP contribution in [0.4, 0.5) is 0 Å². The Kier molecular flexibility index (Phi) is 3.48. The van der Waals surface area contributed by atoms with E-state index in [0.29, 0.717) is 0 Å². The SMILES string of the molecule is CC1=C(S(=O)c2ccc(C)cc2)CC=CN1C. The van der Waals surface area contributed by atoms with Gasteiger partial charge in [0.25, 0.3) is 0 Å². The number of nitrogens with zero attached hydrogens (tertiary/aromatic N) is 1. The van der Waals surface area contributed by atoms with Crippen molar-refractivity contribution in [3.05, 3.63) is 52.7 Å². The van der Waals surface area contributed by atoms with Gasteiger partial charge in [-0.25, -0.2) is 4.21 Å². The Morgan fingerprint density at radius 2 is 1.82 bits per heavy atom. The first-order valence-corrected chi connectivity index (χ1v) is 6.82. The zero-order valence-electron chi connectivity index (χ0n) is 10.4. The van der Waals surface area contributed by atoms with Crippen molar-refractivity contribution < 1.29 is 4.21 Å². The third-order valence-corrected chi connectivity index (χ3v) is 4.63. The van der Waals surface area contributed by atoms with E-state index in [-0.39, 0.29) is 0 Å². The van der Waals surface area contributed by atoms with E-state index in [0.717, 1.165) is 21.9 Å². The number of hydrogen-bond donors (Lipinski definition) is 0. The molecule has 0 bridgehead atoms. The number of allylic oxidation sites excluding steroid dienone is 3. The second-order valence-corrected chi connectivity index (χ2v) is 5.79. The van der Waals surface area contributed by atoms with Gasteiger partial charge in [-0.05, 0) is 32.2 Å². The van der Waals surface area contributed by atoms with Gasteiger partial charge in [0.05, 0.1) is 10.8 Å². The van der Waals surface area contributed by atoms with Crippen molar-refractivity contribution in [3.63, 3.8) is 0 Å². The van der Waals surface area contributed by atoms with Gasteiger partial charge in [-0.3, -0.25) is 0 Å². The van der Waals surface area contributed by atoms with E-state index in [1.807, 2.05) is 56.3 Å². The number of rotatable bonds is 2. The first kappa shape index (κ1) is 12.1. The molecular weight excluding hydrogens is 230 g/mol. The molecule has 0 aromatic heterocycles. The highest BCUT2D eigenvalue weighted by atomic mass is 32.2. The molecule has 0 saturated heterocycles. The maximum Gasteiger partial charge on any atom is 0.0829 e. The second-order valence-electron chi connectivity index (χ2n) is 4.29. The predicted molar refractivity (Wildman–Crippen MR) is 71.8 cm³/mol. The molecule has 0 aliphatic carbocycles. The molecule has 17 heavy (non-hydrogen) atoms. The summed E-state index contributed by atoms with van der Waals surface area (Å²) in [5.74, 6) is 0. The number of benzene rings is 1. The quantitative estimate of drug-likeness (QED) is 0.800. The highest BCUT2D eigenvalue weighted by Gasteiger charge is 2.16. The van der Waals surface area contributed by atoms with Crippen molar-refractivity contribution in [1.82, 2.24) is 4.90 Å². The maximum atomic E-state index is 12.5. The van der Waals surface area contributed by atoms with Crippen LogP contribution in [0, 0.1) is 6.92 Å². The molecule has 0 radical (unpaired) electrons. The van der Waals surface area contributed by atoms with Crippen LogP contribution >= 0.6 is 0 Å². The van der Waals surface area contributed by atoms with Crippen LogP contribution in [0.25, 0.3) is 0 Å². The van der Waals surface area contributed by atoms with Crippen molar-refractivity contribution in [2.45, 2.75) is 25.2 Å². The largest absolute Gasteiger partial charge is 0.354 e. The minimum atomic E-state index is -1.04. The smallest absolute Gasteiger partial charge is 0.0829 e. The molecule has 2 nitrogen and oxygen atoms in total. The topological polar surface area (TPSA) is 20.3 Å². The Morgan fingerprint density at radius 3 is 2.47 bits per heavy atom. The summed E-state index contributed by atoms with van der Waals surface area (Å²) in [4.78, 5) is 3.90. The van der Waals surface area contributed by atoms with Crippen molar-refractivity contribution in [3.8, 4) is 0 Å². The lowest BCUT2D eigenvalue weighted by Gasteiger charge is -2.22. The van der Waals surface area contributed by atoms with E-state index in [9.17, 15) is 4.21 Å². The highest BCUT2D eigenvalue weighted by Crippen LogP contribution is 2.25. The summed E-state index contributed by atoms with van der Waals surface area (Å²) in [6, 6.07) is 7.91. The zero-order chi connectivity index (χ0) is 12.4. The third kappa shape index (κ3) is 2.50. The van der Waals surface area contributed by atoms with Gasteiger partial charge < -0.3 is 4.90 Å². The summed E-state index contributed by atoms with van der Waals surface area (Å²) >= 11 is 0. The second kappa shape index (κ2) is 4.88. The van der Waals surface area contributed by atoms with Crippen molar-refractivity contribution in [1.29, 1.82) is 0 Å². The molecule has 2 rings (SSSR count). The summed E-state index contributed by atoms with van der Waals surface area (Å²) in [5, 5.41) is 0. The molecule has 1 atom stereocenters. The van der Waals surface area contributed by atoms with E-state index in [1.54, 1.807) is 0 Å². The Morgan fingerprint density at radius 1 is 1.18 bits per heavy atom. The summed E-state index contributed by atoms with van der Waals surface area (Å²) in [6.07, 6.45) is 4.84. The fourth-order valence-corrected chi connectivity index (χ4v) is 3.12. The van der Waals surface area contributed by atoms with E-state index < -0.39 is 10.8 Å². The average molecular weight is 247 g/mol. The van der Waals surface area contributed by atoms with Gasteiger partial charge in [0, 0.05) is 29.0 Å². The average Bonchev–Trinajstić information content (AvgIpc) is 2.33. The Bertz CT molecular complexity index is 499. The van der Waals surface area contributed by atoms with Crippen molar-refractivity contribution in [2.24, 2.45) is 0 Å². The molecule has 1 aliphatic heterocycles. The van der Waals surface area contributed by atoms with E-state index in [1.165, 1.54) is 5.56 Å². The van der Waals surface area contributed by atoms with Crippen LogP contribution in [0.15, 0.2) is 52.0 Å². The van der Waals surface area contributed by atoms with Crippen molar-refractivity contribution >= 4 is 10.8 Å². The number of aryl methyl sites for hydroxylation is 1. The van der Waals surface area contributed by atoms with Gasteiger partial charge >= 0.3 is 0 Å². The fourth-order valence-electron chi connectivity index (χ4n) is 1.79. The Hall–Kier alpha value is -1.35. The molecular formula is C14H17NOS. The lowest BCUT2D eigenvalue weighted by molar-refractivity contribution is 0.552. The van der Waals surface area contributed by atoms with Crippen LogP contribution in [0.5, 0.6) is 0 Å². The molecule has 1 unspecified atom stereocenters. The minimum absolute atomic E-state index is 0.774. The zero-order valence-corrected chi connectivity index (χ0v) is 11.3. The molecule has 0 fully saturated rings. The summed E-state index contributed by atoms with van der Waals surface area (Å²) in [6.45, 7) is 4.05. The van der Waals surface area contributed by atoms with E-state index in [2.05, 4.69) is 6.08 Å².